The summed E-state index contributed by atoms with van der Waals surface area (Å²) in [6.07, 6.45) is 4.61. The van der Waals surface area contributed by atoms with Crippen LogP contribution in [0.1, 0.15) is 25.8 Å². The smallest absolute Gasteiger partial charge is 0.335 e. The van der Waals surface area contributed by atoms with Gasteiger partial charge < -0.3 is 9.64 Å². The Kier molecular flexibility index (Phi) is 10.5. The average Bonchev–Trinajstić information content (AvgIpc) is 3.20. The summed E-state index contributed by atoms with van der Waals surface area (Å²) < 4.78 is 5.02. The third-order valence-corrected chi connectivity index (χ3v) is 7.05. The molecule has 1 aromatic rings. The van der Waals surface area contributed by atoms with Gasteiger partial charge in [0.15, 0.2) is 0 Å². The van der Waals surface area contributed by atoms with Gasteiger partial charge in [0, 0.05) is 62.5 Å². The minimum Gasteiger partial charge on any atom is -0.466 e. The van der Waals surface area contributed by atoms with Crippen LogP contribution in [0.15, 0.2) is 47.7 Å². The number of rotatable bonds is 6. The maximum absolute atomic E-state index is 13.3. The van der Waals surface area contributed by atoms with Crippen molar-refractivity contribution in [2.24, 2.45) is 11.8 Å². The van der Waals surface area contributed by atoms with Gasteiger partial charge in [0.25, 0.3) is 0 Å². The van der Waals surface area contributed by atoms with Crippen LogP contribution in [0, 0.1) is 11.8 Å². The second-order valence-corrected chi connectivity index (χ2v) is 9.63. The number of hydrogen-bond donors (Lipinski definition) is 0. The Morgan fingerprint density at radius 2 is 1.65 bits per heavy atom. The molecule has 34 heavy (non-hydrogen) atoms. The van der Waals surface area contributed by atoms with Crippen LogP contribution in [0.2, 0.25) is 5.02 Å². The van der Waals surface area contributed by atoms with Crippen molar-refractivity contribution in [3.8, 4) is 0 Å². The van der Waals surface area contributed by atoms with E-state index >= 15 is 0 Å². The average molecular weight is 531 g/mol. The molecule has 0 bridgehead atoms. The summed E-state index contributed by atoms with van der Waals surface area (Å²) in [5, 5.41) is 0.764. The number of nitrogens with zero attached hydrogens (tertiary/aromatic N) is 3. The number of piperazine rings is 1. The summed E-state index contributed by atoms with van der Waals surface area (Å²) in [6, 6.07) is 8.05. The molecule has 0 N–H and O–H groups in total. The lowest BCUT2D eigenvalue weighted by Gasteiger charge is -2.38. The monoisotopic (exact) mass is 529 g/mol. The molecule has 0 aromatic heterocycles. The maximum atomic E-state index is 13.3. The molecule has 2 atom stereocenters. The summed E-state index contributed by atoms with van der Waals surface area (Å²) >= 11 is 5.99. The first-order chi connectivity index (χ1) is 15.4. The Hall–Kier alpha value is -1.57. The summed E-state index contributed by atoms with van der Waals surface area (Å²) in [6.45, 7) is 9.56. The van der Waals surface area contributed by atoms with Crippen molar-refractivity contribution in [2.45, 2.75) is 32.9 Å². The van der Waals surface area contributed by atoms with Gasteiger partial charge in [-0.1, -0.05) is 29.8 Å². The lowest BCUT2D eigenvalue weighted by atomic mass is 9.81. The number of carbonyl (C=O) groups excluding carboxylic acids is 2. The third-order valence-electron chi connectivity index (χ3n) is 6.80. The number of halogens is 3. The Balaban J connectivity index is 0.00000204. The second-order valence-electron chi connectivity index (χ2n) is 9.19. The molecule has 3 aliphatic rings. The SMILES string of the molecule is COC(=O)C1=CN(C(C)C)C(=O)[C@@H]2C(CN3CCN(Cc4ccc(Cl)cc4)CC3)=CC[C@H]12.Cl.Cl. The molecule has 2 heterocycles. The summed E-state index contributed by atoms with van der Waals surface area (Å²) in [7, 11) is 1.40. The number of benzene rings is 1. The number of hydrogen-bond acceptors (Lipinski definition) is 5. The largest absolute Gasteiger partial charge is 0.466 e. The molecule has 1 fully saturated rings. The molecule has 1 aliphatic carbocycles. The van der Waals surface area contributed by atoms with Crippen LogP contribution >= 0.6 is 36.4 Å². The zero-order valence-electron chi connectivity index (χ0n) is 19.9. The molecule has 1 amide bonds. The topological polar surface area (TPSA) is 53.1 Å². The van der Waals surface area contributed by atoms with E-state index in [1.54, 1.807) is 11.1 Å². The van der Waals surface area contributed by atoms with Crippen molar-refractivity contribution >= 4 is 48.3 Å². The molecule has 6 nitrogen and oxygen atoms in total. The van der Waals surface area contributed by atoms with E-state index in [9.17, 15) is 9.59 Å². The maximum Gasteiger partial charge on any atom is 0.335 e. The van der Waals surface area contributed by atoms with Crippen molar-refractivity contribution in [2.75, 3.05) is 39.8 Å². The van der Waals surface area contributed by atoms with E-state index < -0.39 is 0 Å². The molecule has 188 valence electrons. The van der Waals surface area contributed by atoms with Crippen LogP contribution < -0.4 is 0 Å². The van der Waals surface area contributed by atoms with Crippen molar-refractivity contribution in [3.05, 3.63) is 58.3 Å². The van der Waals surface area contributed by atoms with Gasteiger partial charge in [0.1, 0.15) is 0 Å². The molecule has 0 spiro atoms. The van der Waals surface area contributed by atoms with Crippen molar-refractivity contribution < 1.29 is 14.3 Å². The van der Waals surface area contributed by atoms with Crippen LogP contribution in [0.3, 0.4) is 0 Å². The van der Waals surface area contributed by atoms with Gasteiger partial charge in [-0.2, -0.15) is 0 Å². The molecular weight excluding hydrogens is 497 g/mol. The zero-order valence-corrected chi connectivity index (χ0v) is 22.3. The van der Waals surface area contributed by atoms with E-state index in [1.165, 1.54) is 12.7 Å². The molecule has 2 aliphatic heterocycles. The van der Waals surface area contributed by atoms with E-state index in [0.717, 1.165) is 56.3 Å². The number of fused-ring (bicyclic) bond motifs is 1. The Morgan fingerprint density at radius 3 is 2.21 bits per heavy atom. The zero-order chi connectivity index (χ0) is 22.8. The van der Waals surface area contributed by atoms with Gasteiger partial charge in [0.05, 0.1) is 18.6 Å². The van der Waals surface area contributed by atoms with Gasteiger partial charge >= 0.3 is 5.97 Å². The molecule has 0 saturated carbocycles. The van der Waals surface area contributed by atoms with Crippen molar-refractivity contribution in [1.82, 2.24) is 14.7 Å². The fraction of sp³-hybridized carbons (Fsp3) is 0.520. The highest BCUT2D eigenvalue weighted by Crippen LogP contribution is 2.42. The van der Waals surface area contributed by atoms with Crippen LogP contribution in [-0.2, 0) is 20.9 Å². The quantitative estimate of drug-likeness (QED) is 0.408. The number of amides is 1. The van der Waals surface area contributed by atoms with Crippen LogP contribution in [-0.4, -0.2) is 72.5 Å². The molecular formula is C25H34Cl3N3O3. The molecule has 0 radical (unpaired) electrons. The summed E-state index contributed by atoms with van der Waals surface area (Å²) in [4.78, 5) is 32.3. The summed E-state index contributed by atoms with van der Waals surface area (Å²) in [5.41, 5.74) is 3.03. The third kappa shape index (κ3) is 6.16. The van der Waals surface area contributed by atoms with E-state index in [2.05, 4.69) is 28.0 Å². The van der Waals surface area contributed by atoms with E-state index in [0.29, 0.717) is 5.57 Å². The van der Waals surface area contributed by atoms with Crippen LogP contribution in [0.5, 0.6) is 0 Å². The molecule has 4 rings (SSSR count). The number of allylic oxidation sites excluding steroid dienone is 1. The van der Waals surface area contributed by atoms with Gasteiger partial charge in [-0.3, -0.25) is 14.6 Å². The normalized spacial score (nSPS) is 23.0. The van der Waals surface area contributed by atoms with Crippen LogP contribution in [0.25, 0.3) is 0 Å². The Bertz CT molecular complexity index is 925. The van der Waals surface area contributed by atoms with E-state index in [-0.39, 0.29) is 54.6 Å². The second kappa shape index (κ2) is 12.4. The minimum absolute atomic E-state index is 0. The van der Waals surface area contributed by atoms with Gasteiger partial charge in [-0.15, -0.1) is 24.8 Å². The first-order valence-corrected chi connectivity index (χ1v) is 11.8. The highest BCUT2D eigenvalue weighted by Gasteiger charge is 2.45. The minimum atomic E-state index is -0.330. The molecule has 9 heteroatoms. The number of carbonyl (C=O) groups is 2. The van der Waals surface area contributed by atoms with Crippen molar-refractivity contribution in [3.63, 3.8) is 0 Å². The van der Waals surface area contributed by atoms with Gasteiger partial charge in [-0.05, 0) is 43.5 Å². The van der Waals surface area contributed by atoms with Crippen LogP contribution in [0.4, 0.5) is 0 Å². The fourth-order valence-corrected chi connectivity index (χ4v) is 5.13. The fourth-order valence-electron chi connectivity index (χ4n) is 5.01. The standard InChI is InChI=1S/C25H32ClN3O3.2ClH/c1-17(2)29-16-22(25(31)32-3)21-9-6-19(23(21)24(29)30)15-28-12-10-27(11-13-28)14-18-4-7-20(26)8-5-18;;/h4-8,16-17,21,23H,9-15H2,1-3H3;2*1H/t21-,23-;;/m1../s1. The predicted octanol–water partition coefficient (Wildman–Crippen LogP) is 4.17. The van der Waals surface area contributed by atoms with Crippen molar-refractivity contribution in [1.29, 1.82) is 0 Å². The highest BCUT2D eigenvalue weighted by molar-refractivity contribution is 6.30. The summed E-state index contributed by atoms with van der Waals surface area (Å²) in [5.74, 6) is -0.596. The number of methoxy groups -OCH3 is 1. The highest BCUT2D eigenvalue weighted by atomic mass is 35.5. The first-order valence-electron chi connectivity index (χ1n) is 11.4. The van der Waals surface area contributed by atoms with E-state index in [4.69, 9.17) is 16.3 Å². The van der Waals surface area contributed by atoms with Gasteiger partial charge in [-0.25, -0.2) is 4.79 Å². The van der Waals surface area contributed by atoms with E-state index in [1.807, 2.05) is 26.0 Å². The number of esters is 1. The molecule has 0 unspecified atom stereocenters. The lowest BCUT2D eigenvalue weighted by Crippen LogP contribution is -2.49. The number of ether oxygens (including phenoxy) is 1. The molecule has 1 saturated heterocycles. The first kappa shape index (κ1) is 28.7. The molecule has 1 aromatic carbocycles. The lowest BCUT2D eigenvalue weighted by molar-refractivity contribution is -0.139. The van der Waals surface area contributed by atoms with Gasteiger partial charge in [0.2, 0.25) is 5.91 Å². The Morgan fingerprint density at radius 1 is 1.06 bits per heavy atom. The Labute approximate surface area is 219 Å². The predicted molar refractivity (Wildman–Crippen MR) is 139 cm³/mol.